The molecule has 0 aromatic heterocycles. The third-order valence-electron chi connectivity index (χ3n) is 6.33. The lowest BCUT2D eigenvalue weighted by Crippen LogP contribution is -2.67. The minimum absolute atomic E-state index is 0.00386. The quantitative estimate of drug-likeness (QED) is 0.655. The van der Waals surface area contributed by atoms with Gasteiger partial charge in [-0.1, -0.05) is 0 Å². The molecule has 1 saturated heterocycles. The van der Waals surface area contributed by atoms with Gasteiger partial charge in [-0.15, -0.1) is 0 Å². The Morgan fingerprint density at radius 3 is 2.27 bits per heavy atom. The summed E-state index contributed by atoms with van der Waals surface area (Å²) in [6.45, 7) is 0. The van der Waals surface area contributed by atoms with E-state index in [2.05, 4.69) is 0 Å². The SMILES string of the molecule is O=C(CCC1C(O)N(c2ccc(F)cc2)[C@@H]1C1CC=C(O)CC1)c1ccc(F)cc1. The van der Waals surface area contributed by atoms with Crippen molar-refractivity contribution >= 4 is 11.5 Å². The third-order valence-corrected chi connectivity index (χ3v) is 6.33. The average molecular weight is 413 g/mol. The Hall–Kier alpha value is -2.73. The normalized spacial score (nSPS) is 26.1. The highest BCUT2D eigenvalue weighted by molar-refractivity contribution is 5.96. The molecule has 6 heteroatoms. The van der Waals surface area contributed by atoms with Crippen molar-refractivity contribution in [3.05, 3.63) is 77.6 Å². The van der Waals surface area contributed by atoms with E-state index in [0.29, 0.717) is 30.6 Å². The van der Waals surface area contributed by atoms with Crippen LogP contribution in [-0.4, -0.2) is 28.3 Å². The maximum absolute atomic E-state index is 13.4. The number of carbonyl (C=O) groups excluding carboxylic acids is 1. The van der Waals surface area contributed by atoms with Gasteiger partial charge in [0.2, 0.25) is 0 Å². The van der Waals surface area contributed by atoms with Crippen molar-refractivity contribution in [2.45, 2.75) is 44.4 Å². The number of ketones is 1. The van der Waals surface area contributed by atoms with Crippen molar-refractivity contribution in [2.24, 2.45) is 11.8 Å². The van der Waals surface area contributed by atoms with E-state index in [4.69, 9.17) is 0 Å². The fourth-order valence-electron chi connectivity index (χ4n) is 4.73. The van der Waals surface area contributed by atoms with Crippen LogP contribution in [0.3, 0.4) is 0 Å². The van der Waals surface area contributed by atoms with E-state index in [-0.39, 0.29) is 41.7 Å². The highest BCUT2D eigenvalue weighted by atomic mass is 19.1. The molecule has 0 spiro atoms. The van der Waals surface area contributed by atoms with Crippen molar-refractivity contribution in [3.63, 3.8) is 0 Å². The van der Waals surface area contributed by atoms with Crippen molar-refractivity contribution in [1.29, 1.82) is 0 Å². The number of Topliss-reactive ketones (excluding diaryl/α,β-unsaturated/α-hetero) is 1. The van der Waals surface area contributed by atoms with Crippen LogP contribution in [0.5, 0.6) is 0 Å². The lowest BCUT2D eigenvalue weighted by molar-refractivity contribution is -0.0215. The summed E-state index contributed by atoms with van der Waals surface area (Å²) in [6.07, 6.45) is 3.91. The number of carbonyl (C=O) groups is 1. The first-order valence-corrected chi connectivity index (χ1v) is 10.3. The highest BCUT2D eigenvalue weighted by Crippen LogP contribution is 2.45. The molecule has 1 aliphatic heterocycles. The van der Waals surface area contributed by atoms with Gasteiger partial charge >= 0.3 is 0 Å². The Morgan fingerprint density at radius 1 is 1.03 bits per heavy atom. The van der Waals surface area contributed by atoms with Gasteiger partial charge in [0.05, 0.1) is 5.76 Å². The lowest BCUT2D eigenvalue weighted by atomic mass is 9.71. The lowest BCUT2D eigenvalue weighted by Gasteiger charge is -2.57. The van der Waals surface area contributed by atoms with Gasteiger partial charge in [-0.2, -0.15) is 0 Å². The van der Waals surface area contributed by atoms with Gasteiger partial charge in [0, 0.05) is 36.1 Å². The van der Waals surface area contributed by atoms with Crippen LogP contribution in [0.1, 0.15) is 42.5 Å². The number of allylic oxidation sites excluding steroid dienone is 2. The number of anilines is 1. The van der Waals surface area contributed by atoms with Crippen molar-refractivity contribution in [2.75, 3.05) is 4.90 Å². The summed E-state index contributed by atoms with van der Waals surface area (Å²) in [5.41, 5.74) is 1.21. The standard InChI is InChI=1S/C24H25F2NO3/c25-17-5-1-15(2-6-17)22(29)14-13-21-23(16-3-11-20(28)12-4-16)27(24(21)30)19-9-7-18(26)8-10-19/h1-2,5-11,16,21,23-24,28,30H,3-4,12-14H2/t16?,21?,23-,24?/m1/s1. The van der Waals surface area contributed by atoms with Crippen molar-refractivity contribution in [1.82, 2.24) is 0 Å². The topological polar surface area (TPSA) is 60.8 Å². The Kier molecular flexibility index (Phi) is 5.86. The van der Waals surface area contributed by atoms with Gasteiger partial charge in [0.15, 0.2) is 5.78 Å². The predicted molar refractivity (Wildman–Crippen MR) is 110 cm³/mol. The molecule has 2 aromatic rings. The molecule has 0 amide bonds. The summed E-state index contributed by atoms with van der Waals surface area (Å²) in [7, 11) is 0. The molecule has 4 rings (SSSR count). The maximum Gasteiger partial charge on any atom is 0.162 e. The minimum atomic E-state index is -0.763. The summed E-state index contributed by atoms with van der Waals surface area (Å²) in [6, 6.07) is 11.5. The second-order valence-corrected chi connectivity index (χ2v) is 8.15. The van der Waals surface area contributed by atoms with E-state index < -0.39 is 6.23 Å². The Labute approximate surface area is 174 Å². The summed E-state index contributed by atoms with van der Waals surface area (Å²) >= 11 is 0. The molecule has 2 aromatic carbocycles. The Morgan fingerprint density at radius 2 is 1.67 bits per heavy atom. The molecule has 2 aliphatic rings. The molecule has 0 bridgehead atoms. The number of aliphatic hydroxyl groups is 2. The molecule has 1 fully saturated rings. The van der Waals surface area contributed by atoms with E-state index in [0.717, 1.165) is 12.1 Å². The van der Waals surface area contributed by atoms with E-state index in [9.17, 15) is 23.8 Å². The van der Waals surface area contributed by atoms with Gasteiger partial charge in [-0.25, -0.2) is 8.78 Å². The predicted octanol–water partition coefficient (Wildman–Crippen LogP) is 4.99. The van der Waals surface area contributed by atoms with Crippen LogP contribution < -0.4 is 4.90 Å². The molecule has 3 unspecified atom stereocenters. The zero-order valence-electron chi connectivity index (χ0n) is 16.5. The zero-order valence-corrected chi connectivity index (χ0v) is 16.5. The zero-order chi connectivity index (χ0) is 21.3. The number of aliphatic hydroxyl groups excluding tert-OH is 2. The molecule has 2 N–H and O–H groups in total. The number of nitrogens with zero attached hydrogens (tertiary/aromatic N) is 1. The fourth-order valence-corrected chi connectivity index (χ4v) is 4.73. The summed E-state index contributed by atoms with van der Waals surface area (Å²) in [5, 5.41) is 20.6. The largest absolute Gasteiger partial charge is 0.513 e. The van der Waals surface area contributed by atoms with Crippen molar-refractivity contribution < 1.29 is 23.8 Å². The summed E-state index contributed by atoms with van der Waals surface area (Å²) < 4.78 is 26.5. The minimum Gasteiger partial charge on any atom is -0.513 e. The van der Waals surface area contributed by atoms with Crippen LogP contribution >= 0.6 is 0 Å². The van der Waals surface area contributed by atoms with Gasteiger partial charge in [-0.3, -0.25) is 4.79 Å². The van der Waals surface area contributed by atoms with E-state index in [1.165, 1.54) is 36.4 Å². The van der Waals surface area contributed by atoms with Crippen LogP contribution in [0.4, 0.5) is 14.5 Å². The molecule has 0 radical (unpaired) electrons. The molecular weight excluding hydrogens is 388 g/mol. The first-order valence-electron chi connectivity index (χ1n) is 10.3. The second kappa shape index (κ2) is 8.56. The van der Waals surface area contributed by atoms with Crippen LogP contribution in [0.15, 0.2) is 60.4 Å². The number of halogens is 2. The van der Waals surface area contributed by atoms with Crippen LogP contribution in [0, 0.1) is 23.5 Å². The van der Waals surface area contributed by atoms with E-state index in [1.807, 2.05) is 11.0 Å². The molecule has 4 nitrogen and oxygen atoms in total. The average Bonchev–Trinajstić information content (AvgIpc) is 2.74. The number of hydrogen-bond acceptors (Lipinski definition) is 4. The summed E-state index contributed by atoms with van der Waals surface area (Å²) in [4.78, 5) is 14.4. The highest BCUT2D eigenvalue weighted by Gasteiger charge is 2.50. The smallest absolute Gasteiger partial charge is 0.162 e. The van der Waals surface area contributed by atoms with Gasteiger partial charge in [0.25, 0.3) is 0 Å². The van der Waals surface area contributed by atoms with Gasteiger partial charge in [0.1, 0.15) is 17.9 Å². The first kappa shape index (κ1) is 20.5. The molecular formula is C24H25F2NO3. The van der Waals surface area contributed by atoms with Gasteiger partial charge in [-0.05, 0) is 79.8 Å². The second-order valence-electron chi connectivity index (χ2n) is 8.15. The molecule has 4 atom stereocenters. The summed E-state index contributed by atoms with van der Waals surface area (Å²) in [5.74, 6) is -0.301. The third kappa shape index (κ3) is 4.10. The number of benzene rings is 2. The van der Waals surface area contributed by atoms with Crippen LogP contribution in [0.2, 0.25) is 0 Å². The van der Waals surface area contributed by atoms with E-state index in [1.54, 1.807) is 12.1 Å². The van der Waals surface area contributed by atoms with E-state index >= 15 is 0 Å². The first-order chi connectivity index (χ1) is 14.4. The monoisotopic (exact) mass is 413 g/mol. The van der Waals surface area contributed by atoms with Crippen molar-refractivity contribution in [3.8, 4) is 0 Å². The van der Waals surface area contributed by atoms with Gasteiger partial charge < -0.3 is 15.1 Å². The molecule has 30 heavy (non-hydrogen) atoms. The number of rotatable bonds is 6. The molecule has 0 saturated carbocycles. The number of hydrogen-bond donors (Lipinski definition) is 2. The maximum atomic E-state index is 13.4. The molecule has 1 aliphatic carbocycles. The molecule has 158 valence electrons. The fraction of sp³-hybridized carbons (Fsp3) is 0.375. The van der Waals surface area contributed by atoms with Crippen LogP contribution in [0.25, 0.3) is 0 Å². The Bertz CT molecular complexity index is 926. The molecule has 1 heterocycles. The van der Waals surface area contributed by atoms with Crippen LogP contribution in [-0.2, 0) is 0 Å². The Balaban J connectivity index is 1.50.